The summed E-state index contributed by atoms with van der Waals surface area (Å²) in [4.78, 5) is 6.46. The molecule has 0 atom stereocenters. The molecule has 2 rings (SSSR count). The topological polar surface area (TPSA) is 42.2 Å². The van der Waals surface area contributed by atoms with E-state index in [4.69, 9.17) is 5.73 Å². The number of hydrogen-bond donors (Lipinski definition) is 1. The van der Waals surface area contributed by atoms with Crippen LogP contribution in [0.15, 0.2) is 18.3 Å². The summed E-state index contributed by atoms with van der Waals surface area (Å²) in [5.41, 5.74) is 7.37. The standard InChI is InChI=1S/C11H17N3/c1-14(2)10-9(4-3-7-13-10)11(8-12)5-6-11/h3-4,7H,5-6,8,12H2,1-2H3. The molecule has 1 saturated carbocycles. The third-order valence-electron chi connectivity index (χ3n) is 3.03. The Labute approximate surface area is 84.9 Å². The maximum Gasteiger partial charge on any atom is 0.131 e. The molecule has 3 heteroatoms. The molecule has 1 fully saturated rings. The molecule has 1 aromatic rings. The van der Waals surface area contributed by atoms with Gasteiger partial charge in [-0.2, -0.15) is 0 Å². The summed E-state index contributed by atoms with van der Waals surface area (Å²) in [6.07, 6.45) is 4.25. The number of rotatable bonds is 3. The lowest BCUT2D eigenvalue weighted by Crippen LogP contribution is -2.24. The van der Waals surface area contributed by atoms with Crippen LogP contribution in [0.3, 0.4) is 0 Å². The van der Waals surface area contributed by atoms with Crippen LogP contribution in [0, 0.1) is 0 Å². The van der Waals surface area contributed by atoms with E-state index in [-0.39, 0.29) is 5.41 Å². The van der Waals surface area contributed by atoms with Crippen LogP contribution in [0.25, 0.3) is 0 Å². The first kappa shape index (κ1) is 9.46. The van der Waals surface area contributed by atoms with E-state index in [9.17, 15) is 0 Å². The van der Waals surface area contributed by atoms with Gasteiger partial charge in [0.1, 0.15) is 5.82 Å². The number of aromatic nitrogens is 1. The van der Waals surface area contributed by atoms with Crippen molar-refractivity contribution >= 4 is 5.82 Å². The Hall–Kier alpha value is -1.09. The van der Waals surface area contributed by atoms with Crippen molar-refractivity contribution < 1.29 is 0 Å². The molecule has 76 valence electrons. The Bertz CT molecular complexity index is 329. The van der Waals surface area contributed by atoms with Crippen LogP contribution >= 0.6 is 0 Å². The number of hydrogen-bond acceptors (Lipinski definition) is 3. The Morgan fingerprint density at radius 2 is 2.21 bits per heavy atom. The molecule has 1 aromatic heterocycles. The monoisotopic (exact) mass is 191 g/mol. The molecule has 0 aliphatic heterocycles. The minimum atomic E-state index is 0.230. The lowest BCUT2D eigenvalue weighted by atomic mass is 9.96. The van der Waals surface area contributed by atoms with Crippen LogP contribution in [-0.2, 0) is 5.41 Å². The molecule has 0 radical (unpaired) electrons. The van der Waals surface area contributed by atoms with E-state index in [1.807, 2.05) is 26.4 Å². The molecule has 1 aliphatic rings. The zero-order chi connectivity index (χ0) is 10.2. The van der Waals surface area contributed by atoms with Crippen molar-refractivity contribution in [2.45, 2.75) is 18.3 Å². The van der Waals surface area contributed by atoms with E-state index < -0.39 is 0 Å². The Morgan fingerprint density at radius 3 is 2.71 bits per heavy atom. The molecular formula is C11H17N3. The second-order valence-corrected chi connectivity index (χ2v) is 4.25. The Morgan fingerprint density at radius 1 is 1.50 bits per heavy atom. The molecule has 3 nitrogen and oxygen atoms in total. The molecule has 0 bridgehead atoms. The van der Waals surface area contributed by atoms with Crippen molar-refractivity contribution in [3.63, 3.8) is 0 Å². The minimum absolute atomic E-state index is 0.230. The van der Waals surface area contributed by atoms with Gasteiger partial charge in [0, 0.05) is 37.8 Å². The average molecular weight is 191 g/mol. The highest BCUT2D eigenvalue weighted by molar-refractivity contribution is 5.52. The highest BCUT2D eigenvalue weighted by atomic mass is 15.1. The number of pyridine rings is 1. The summed E-state index contributed by atoms with van der Waals surface area (Å²) in [5, 5.41) is 0. The highest BCUT2D eigenvalue weighted by Gasteiger charge is 2.44. The molecule has 0 amide bonds. The summed E-state index contributed by atoms with van der Waals surface area (Å²) in [5.74, 6) is 1.07. The van der Waals surface area contributed by atoms with Gasteiger partial charge in [-0.1, -0.05) is 6.07 Å². The lowest BCUT2D eigenvalue weighted by Gasteiger charge is -2.21. The zero-order valence-corrected chi connectivity index (χ0v) is 8.83. The predicted molar refractivity (Wildman–Crippen MR) is 58.5 cm³/mol. The van der Waals surface area contributed by atoms with Crippen molar-refractivity contribution in [3.05, 3.63) is 23.9 Å². The molecule has 1 heterocycles. The predicted octanol–water partition coefficient (Wildman–Crippen LogP) is 1.14. The van der Waals surface area contributed by atoms with E-state index >= 15 is 0 Å². The van der Waals surface area contributed by atoms with E-state index in [0.717, 1.165) is 12.4 Å². The third-order valence-corrected chi connectivity index (χ3v) is 3.03. The van der Waals surface area contributed by atoms with Gasteiger partial charge in [0.25, 0.3) is 0 Å². The van der Waals surface area contributed by atoms with Crippen molar-refractivity contribution in [2.75, 3.05) is 25.5 Å². The first-order valence-electron chi connectivity index (χ1n) is 5.02. The van der Waals surface area contributed by atoms with Crippen molar-refractivity contribution in [1.29, 1.82) is 0 Å². The zero-order valence-electron chi connectivity index (χ0n) is 8.83. The fourth-order valence-electron chi connectivity index (χ4n) is 1.90. The molecular weight excluding hydrogens is 174 g/mol. The molecule has 0 spiro atoms. The maximum absolute atomic E-state index is 5.82. The van der Waals surface area contributed by atoms with Crippen LogP contribution in [0.5, 0.6) is 0 Å². The summed E-state index contributed by atoms with van der Waals surface area (Å²) in [6.45, 7) is 0.736. The van der Waals surface area contributed by atoms with Gasteiger partial charge in [-0.3, -0.25) is 0 Å². The van der Waals surface area contributed by atoms with E-state index in [0.29, 0.717) is 0 Å². The molecule has 2 N–H and O–H groups in total. The summed E-state index contributed by atoms with van der Waals surface area (Å²) < 4.78 is 0. The highest BCUT2D eigenvalue weighted by Crippen LogP contribution is 2.49. The Balaban J connectivity index is 2.42. The fourth-order valence-corrected chi connectivity index (χ4v) is 1.90. The van der Waals surface area contributed by atoms with E-state index in [1.54, 1.807) is 0 Å². The molecule has 0 aromatic carbocycles. The van der Waals surface area contributed by atoms with Crippen LogP contribution in [0.1, 0.15) is 18.4 Å². The van der Waals surface area contributed by atoms with Crippen molar-refractivity contribution in [2.24, 2.45) is 5.73 Å². The lowest BCUT2D eigenvalue weighted by molar-refractivity contribution is 0.698. The van der Waals surface area contributed by atoms with Crippen molar-refractivity contribution in [3.8, 4) is 0 Å². The van der Waals surface area contributed by atoms with Crippen LogP contribution in [-0.4, -0.2) is 25.6 Å². The molecule has 1 aliphatic carbocycles. The van der Waals surface area contributed by atoms with Crippen LogP contribution in [0.2, 0.25) is 0 Å². The molecule has 0 unspecified atom stereocenters. The quantitative estimate of drug-likeness (QED) is 0.779. The number of anilines is 1. The molecule has 14 heavy (non-hydrogen) atoms. The van der Waals surface area contributed by atoms with Gasteiger partial charge < -0.3 is 10.6 Å². The van der Waals surface area contributed by atoms with Gasteiger partial charge in [-0.05, 0) is 18.9 Å². The first-order chi connectivity index (χ1) is 6.69. The van der Waals surface area contributed by atoms with Gasteiger partial charge in [-0.15, -0.1) is 0 Å². The van der Waals surface area contributed by atoms with E-state index in [2.05, 4.69) is 16.0 Å². The van der Waals surface area contributed by atoms with E-state index in [1.165, 1.54) is 18.4 Å². The van der Waals surface area contributed by atoms with Crippen molar-refractivity contribution in [1.82, 2.24) is 4.98 Å². The first-order valence-corrected chi connectivity index (χ1v) is 5.02. The van der Waals surface area contributed by atoms with Gasteiger partial charge in [0.05, 0.1) is 0 Å². The Kier molecular flexibility index (Phi) is 2.19. The summed E-state index contributed by atoms with van der Waals surface area (Å²) in [7, 11) is 4.05. The number of nitrogens with zero attached hydrogens (tertiary/aromatic N) is 2. The number of nitrogens with two attached hydrogens (primary N) is 1. The SMILES string of the molecule is CN(C)c1ncccc1C1(CN)CC1. The second kappa shape index (κ2) is 3.24. The molecule has 0 saturated heterocycles. The largest absolute Gasteiger partial charge is 0.363 e. The third kappa shape index (κ3) is 1.38. The second-order valence-electron chi connectivity index (χ2n) is 4.25. The average Bonchev–Trinajstić information content (AvgIpc) is 2.98. The minimum Gasteiger partial charge on any atom is -0.363 e. The summed E-state index contributed by atoms with van der Waals surface area (Å²) in [6, 6.07) is 4.15. The maximum atomic E-state index is 5.82. The summed E-state index contributed by atoms with van der Waals surface area (Å²) >= 11 is 0. The van der Waals surface area contributed by atoms with Gasteiger partial charge in [0.2, 0.25) is 0 Å². The fraction of sp³-hybridized carbons (Fsp3) is 0.545. The van der Waals surface area contributed by atoms with Gasteiger partial charge in [-0.25, -0.2) is 4.98 Å². The smallest absolute Gasteiger partial charge is 0.131 e. The van der Waals surface area contributed by atoms with Crippen LogP contribution in [0.4, 0.5) is 5.82 Å². The normalized spacial score (nSPS) is 17.9. The van der Waals surface area contributed by atoms with Gasteiger partial charge in [0.15, 0.2) is 0 Å². The van der Waals surface area contributed by atoms with Gasteiger partial charge >= 0.3 is 0 Å². The van der Waals surface area contributed by atoms with Crippen LogP contribution < -0.4 is 10.6 Å².